The first kappa shape index (κ1) is 17.8. The van der Waals surface area contributed by atoms with Crippen LogP contribution in [0, 0.1) is 23.7 Å². The van der Waals surface area contributed by atoms with E-state index in [0.29, 0.717) is 6.10 Å². The molecule has 3 aliphatic rings. The van der Waals surface area contributed by atoms with Crippen molar-refractivity contribution >= 4 is 0 Å². The highest BCUT2D eigenvalue weighted by Crippen LogP contribution is 2.41. The molecular weight excluding hydrogens is 280 g/mol. The summed E-state index contributed by atoms with van der Waals surface area (Å²) >= 11 is 0. The van der Waals surface area contributed by atoms with Crippen molar-refractivity contribution in [1.82, 2.24) is 0 Å². The SMILES string of the molecule is CCC[C@H]1CC[C@H]([C@H]2CC[C@H](OCCCCC3CC3)CC2)CC1. The molecule has 0 N–H and O–H groups in total. The zero-order valence-corrected chi connectivity index (χ0v) is 15.6. The van der Waals surface area contributed by atoms with Crippen LogP contribution in [-0.4, -0.2) is 12.7 Å². The minimum atomic E-state index is 0.601. The predicted molar refractivity (Wildman–Crippen MR) is 98.6 cm³/mol. The molecule has 3 saturated carbocycles. The van der Waals surface area contributed by atoms with Gasteiger partial charge < -0.3 is 4.74 Å². The maximum atomic E-state index is 6.17. The Hall–Kier alpha value is -0.0400. The van der Waals surface area contributed by atoms with Crippen LogP contribution in [-0.2, 0) is 4.74 Å². The fourth-order valence-electron chi connectivity index (χ4n) is 5.27. The van der Waals surface area contributed by atoms with Gasteiger partial charge in [0.2, 0.25) is 0 Å². The highest BCUT2D eigenvalue weighted by atomic mass is 16.5. The molecule has 0 aromatic carbocycles. The molecule has 3 aliphatic carbocycles. The standard InChI is InChI=1S/C22H40O/c1-2-5-18-9-11-20(12-10-18)21-13-15-22(16-14-21)23-17-4-3-6-19-7-8-19/h18-22H,2-17H2,1H3/t18-,20-,21-,22-. The van der Waals surface area contributed by atoms with E-state index < -0.39 is 0 Å². The maximum Gasteiger partial charge on any atom is 0.0575 e. The molecule has 1 nitrogen and oxygen atoms in total. The number of ether oxygens (including phenoxy) is 1. The van der Waals surface area contributed by atoms with Gasteiger partial charge in [-0.2, -0.15) is 0 Å². The van der Waals surface area contributed by atoms with Crippen molar-refractivity contribution in [3.63, 3.8) is 0 Å². The van der Waals surface area contributed by atoms with Crippen LogP contribution in [0.1, 0.15) is 103 Å². The van der Waals surface area contributed by atoms with Crippen LogP contribution in [0.15, 0.2) is 0 Å². The van der Waals surface area contributed by atoms with Gasteiger partial charge in [0, 0.05) is 6.61 Å². The maximum absolute atomic E-state index is 6.17. The predicted octanol–water partition coefficient (Wildman–Crippen LogP) is 6.75. The van der Waals surface area contributed by atoms with Crippen LogP contribution < -0.4 is 0 Å². The molecule has 3 rings (SSSR count). The minimum Gasteiger partial charge on any atom is -0.378 e. The van der Waals surface area contributed by atoms with E-state index in [-0.39, 0.29) is 0 Å². The lowest BCUT2D eigenvalue weighted by Gasteiger charge is -2.37. The molecule has 0 heterocycles. The second-order valence-electron chi connectivity index (χ2n) is 8.92. The third-order valence-corrected chi connectivity index (χ3v) is 7.03. The molecule has 0 atom stereocenters. The topological polar surface area (TPSA) is 9.23 Å². The summed E-state index contributed by atoms with van der Waals surface area (Å²) in [4.78, 5) is 0. The Labute approximate surface area is 144 Å². The Balaban J connectivity index is 1.23. The van der Waals surface area contributed by atoms with Gasteiger partial charge in [0.1, 0.15) is 0 Å². The third-order valence-electron chi connectivity index (χ3n) is 7.03. The van der Waals surface area contributed by atoms with E-state index in [1.165, 1.54) is 96.3 Å². The first-order chi connectivity index (χ1) is 11.3. The average Bonchev–Trinajstić information content (AvgIpc) is 3.41. The molecule has 3 fully saturated rings. The minimum absolute atomic E-state index is 0.601. The van der Waals surface area contributed by atoms with Gasteiger partial charge in [0.25, 0.3) is 0 Å². The van der Waals surface area contributed by atoms with E-state index in [1.54, 1.807) is 0 Å². The molecule has 0 aromatic rings. The summed E-state index contributed by atoms with van der Waals surface area (Å²) in [6, 6.07) is 0. The van der Waals surface area contributed by atoms with Crippen molar-refractivity contribution in [2.75, 3.05) is 6.61 Å². The fourth-order valence-corrected chi connectivity index (χ4v) is 5.27. The molecule has 0 amide bonds. The van der Waals surface area contributed by atoms with E-state index in [9.17, 15) is 0 Å². The molecule has 0 saturated heterocycles. The van der Waals surface area contributed by atoms with Gasteiger partial charge in [-0.1, -0.05) is 58.3 Å². The van der Waals surface area contributed by atoms with Gasteiger partial charge in [-0.25, -0.2) is 0 Å². The summed E-state index contributed by atoms with van der Waals surface area (Å²) in [5.41, 5.74) is 0. The number of unbranched alkanes of at least 4 members (excludes halogenated alkanes) is 1. The Morgan fingerprint density at radius 1 is 0.652 bits per heavy atom. The zero-order chi connectivity index (χ0) is 15.9. The van der Waals surface area contributed by atoms with E-state index in [4.69, 9.17) is 4.74 Å². The van der Waals surface area contributed by atoms with Gasteiger partial charge in [-0.3, -0.25) is 0 Å². The molecule has 1 heteroatoms. The molecular formula is C22H40O. The summed E-state index contributed by atoms with van der Waals surface area (Å²) in [5, 5.41) is 0. The van der Waals surface area contributed by atoms with Gasteiger partial charge in [-0.15, -0.1) is 0 Å². The Kier molecular flexibility index (Phi) is 7.30. The number of hydrogen-bond donors (Lipinski definition) is 0. The van der Waals surface area contributed by atoms with Crippen molar-refractivity contribution in [3.8, 4) is 0 Å². The van der Waals surface area contributed by atoms with Crippen molar-refractivity contribution in [3.05, 3.63) is 0 Å². The molecule has 0 radical (unpaired) electrons. The molecule has 0 unspecified atom stereocenters. The summed E-state index contributed by atoms with van der Waals surface area (Å²) < 4.78 is 6.17. The second kappa shape index (κ2) is 9.44. The van der Waals surface area contributed by atoms with E-state index in [2.05, 4.69) is 6.92 Å². The largest absolute Gasteiger partial charge is 0.378 e. The molecule has 0 aliphatic heterocycles. The van der Waals surface area contributed by atoms with Gasteiger partial charge in [0.05, 0.1) is 6.10 Å². The van der Waals surface area contributed by atoms with Crippen molar-refractivity contribution < 1.29 is 4.74 Å². The fraction of sp³-hybridized carbons (Fsp3) is 1.00. The highest BCUT2D eigenvalue weighted by molar-refractivity contribution is 4.82. The lowest BCUT2D eigenvalue weighted by atomic mass is 9.70. The number of rotatable bonds is 9. The second-order valence-corrected chi connectivity index (χ2v) is 8.92. The van der Waals surface area contributed by atoms with Gasteiger partial charge in [-0.05, 0) is 68.6 Å². The van der Waals surface area contributed by atoms with Crippen molar-refractivity contribution in [2.24, 2.45) is 23.7 Å². The molecule has 0 aromatic heterocycles. The van der Waals surface area contributed by atoms with Crippen LogP contribution in [0.5, 0.6) is 0 Å². The van der Waals surface area contributed by atoms with Crippen LogP contribution in [0.2, 0.25) is 0 Å². The smallest absolute Gasteiger partial charge is 0.0575 e. The number of hydrogen-bond acceptors (Lipinski definition) is 1. The lowest BCUT2D eigenvalue weighted by Crippen LogP contribution is -2.28. The monoisotopic (exact) mass is 320 g/mol. The van der Waals surface area contributed by atoms with E-state index in [0.717, 1.165) is 30.3 Å². The Morgan fingerprint density at radius 2 is 1.22 bits per heavy atom. The highest BCUT2D eigenvalue weighted by Gasteiger charge is 2.30. The summed E-state index contributed by atoms with van der Waals surface area (Å²) in [5.74, 6) is 4.25. The first-order valence-electron chi connectivity index (χ1n) is 11.0. The first-order valence-corrected chi connectivity index (χ1v) is 11.0. The van der Waals surface area contributed by atoms with Crippen molar-refractivity contribution in [2.45, 2.75) is 109 Å². The summed E-state index contributed by atoms with van der Waals surface area (Å²) in [6.45, 7) is 3.38. The summed E-state index contributed by atoms with van der Waals surface area (Å²) in [7, 11) is 0. The van der Waals surface area contributed by atoms with E-state index in [1.807, 2.05) is 0 Å². The third kappa shape index (κ3) is 6.07. The van der Waals surface area contributed by atoms with Crippen LogP contribution >= 0.6 is 0 Å². The lowest BCUT2D eigenvalue weighted by molar-refractivity contribution is 0.00524. The van der Waals surface area contributed by atoms with E-state index >= 15 is 0 Å². The van der Waals surface area contributed by atoms with Gasteiger partial charge >= 0.3 is 0 Å². The quantitative estimate of drug-likeness (QED) is 0.427. The van der Waals surface area contributed by atoms with Crippen LogP contribution in [0.3, 0.4) is 0 Å². The van der Waals surface area contributed by atoms with Crippen LogP contribution in [0.4, 0.5) is 0 Å². The molecule has 0 spiro atoms. The summed E-state index contributed by atoms with van der Waals surface area (Å²) in [6.07, 6.45) is 22.4. The normalized spacial score (nSPS) is 35.3. The van der Waals surface area contributed by atoms with Gasteiger partial charge in [0.15, 0.2) is 0 Å². The Morgan fingerprint density at radius 3 is 1.83 bits per heavy atom. The average molecular weight is 321 g/mol. The van der Waals surface area contributed by atoms with Crippen molar-refractivity contribution in [1.29, 1.82) is 0 Å². The molecule has 134 valence electrons. The molecule has 0 bridgehead atoms. The van der Waals surface area contributed by atoms with Crippen LogP contribution in [0.25, 0.3) is 0 Å². The zero-order valence-electron chi connectivity index (χ0n) is 15.6. The molecule has 23 heavy (non-hydrogen) atoms. The Bertz CT molecular complexity index is 306.